The molecule has 0 saturated carbocycles. The molecule has 2 N–H and O–H groups in total. The smallest absolute Gasteiger partial charge is 0.340 e. The number of thioether (sulfide) groups is 1. The van der Waals surface area contributed by atoms with Crippen molar-refractivity contribution >= 4 is 23.6 Å². The number of piperidine rings is 1. The molecule has 0 radical (unpaired) electrons. The van der Waals surface area contributed by atoms with Crippen LogP contribution < -0.4 is 5.73 Å². The van der Waals surface area contributed by atoms with Gasteiger partial charge >= 0.3 is 5.97 Å². The van der Waals surface area contributed by atoms with Crippen molar-refractivity contribution in [1.82, 2.24) is 9.88 Å². The van der Waals surface area contributed by atoms with Crippen LogP contribution in [0.3, 0.4) is 0 Å². The molecule has 0 aliphatic carbocycles. The van der Waals surface area contributed by atoms with Crippen LogP contribution in [0.2, 0.25) is 0 Å². The number of hydrogen-bond donors (Lipinski definition) is 1. The lowest BCUT2D eigenvalue weighted by atomic mass is 9.76. The monoisotopic (exact) mass is 503 g/mol. The molecule has 188 valence electrons. The topological polar surface area (TPSA) is 85.5 Å². The SMILES string of the molecule is CCOC(=O)c1cccnc1SC[C@H](N)C(=O)N1CCC(C(c2ccccc2)c2ccccc2)CC1. The maximum Gasteiger partial charge on any atom is 0.340 e. The summed E-state index contributed by atoms with van der Waals surface area (Å²) in [6, 6.07) is 24.0. The molecule has 36 heavy (non-hydrogen) atoms. The number of pyridine rings is 1. The molecule has 0 spiro atoms. The third-order valence-corrected chi connectivity index (χ3v) is 7.75. The summed E-state index contributed by atoms with van der Waals surface area (Å²) in [6.07, 6.45) is 3.47. The minimum Gasteiger partial charge on any atom is -0.462 e. The molecule has 6 nitrogen and oxygen atoms in total. The van der Waals surface area contributed by atoms with Crippen molar-refractivity contribution in [1.29, 1.82) is 0 Å². The van der Waals surface area contributed by atoms with Crippen LogP contribution in [0.4, 0.5) is 0 Å². The average molecular weight is 504 g/mol. The summed E-state index contributed by atoms with van der Waals surface area (Å²) < 4.78 is 5.11. The molecule has 1 aromatic heterocycles. The summed E-state index contributed by atoms with van der Waals surface area (Å²) in [5.41, 5.74) is 9.33. The molecule has 3 aromatic rings. The Balaban J connectivity index is 1.36. The quantitative estimate of drug-likeness (QED) is 0.335. The Bertz CT molecular complexity index is 1100. The van der Waals surface area contributed by atoms with Gasteiger partial charge in [0, 0.05) is 31.0 Å². The Kier molecular flexibility index (Phi) is 9.14. The average Bonchev–Trinajstić information content (AvgIpc) is 2.93. The molecule has 0 bridgehead atoms. The zero-order chi connectivity index (χ0) is 25.3. The largest absolute Gasteiger partial charge is 0.462 e. The number of aromatic nitrogens is 1. The Morgan fingerprint density at radius 1 is 1.00 bits per heavy atom. The summed E-state index contributed by atoms with van der Waals surface area (Å²) >= 11 is 1.32. The van der Waals surface area contributed by atoms with Crippen LogP contribution in [-0.4, -0.2) is 53.3 Å². The number of likely N-dealkylation sites (tertiary alicyclic amines) is 1. The maximum absolute atomic E-state index is 13.1. The third-order valence-electron chi connectivity index (χ3n) is 6.62. The second-order valence-electron chi connectivity index (χ2n) is 8.96. The van der Waals surface area contributed by atoms with Gasteiger partial charge in [-0.1, -0.05) is 60.7 Å². The van der Waals surface area contributed by atoms with Gasteiger partial charge in [0.15, 0.2) is 0 Å². The highest BCUT2D eigenvalue weighted by molar-refractivity contribution is 7.99. The predicted molar refractivity (Wildman–Crippen MR) is 143 cm³/mol. The van der Waals surface area contributed by atoms with Gasteiger partial charge in [0.25, 0.3) is 0 Å². The van der Waals surface area contributed by atoms with Crippen LogP contribution in [-0.2, 0) is 9.53 Å². The van der Waals surface area contributed by atoms with E-state index in [9.17, 15) is 9.59 Å². The highest BCUT2D eigenvalue weighted by Gasteiger charge is 2.32. The summed E-state index contributed by atoms with van der Waals surface area (Å²) in [7, 11) is 0. The molecule has 7 heteroatoms. The van der Waals surface area contributed by atoms with Crippen molar-refractivity contribution in [2.24, 2.45) is 11.7 Å². The molecule has 2 heterocycles. The van der Waals surface area contributed by atoms with Gasteiger partial charge in [-0.05, 0) is 48.9 Å². The minimum atomic E-state index is -0.664. The molecule has 1 fully saturated rings. The van der Waals surface area contributed by atoms with E-state index in [-0.39, 0.29) is 5.91 Å². The van der Waals surface area contributed by atoms with E-state index in [1.165, 1.54) is 22.9 Å². The number of carbonyl (C=O) groups excluding carboxylic acids is 2. The number of carbonyl (C=O) groups is 2. The second kappa shape index (κ2) is 12.7. The predicted octanol–water partition coefficient (Wildman–Crippen LogP) is 4.75. The molecule has 1 aliphatic rings. The Morgan fingerprint density at radius 2 is 1.61 bits per heavy atom. The first-order valence-corrected chi connectivity index (χ1v) is 13.5. The fourth-order valence-corrected chi connectivity index (χ4v) is 5.78. The van der Waals surface area contributed by atoms with Crippen molar-refractivity contribution in [3.05, 3.63) is 95.7 Å². The van der Waals surface area contributed by atoms with Gasteiger partial charge in [-0.25, -0.2) is 9.78 Å². The number of nitrogens with zero attached hydrogens (tertiary/aromatic N) is 2. The fraction of sp³-hybridized carbons (Fsp3) is 0.345. The van der Waals surface area contributed by atoms with E-state index >= 15 is 0 Å². The van der Waals surface area contributed by atoms with Gasteiger partial charge in [-0.15, -0.1) is 11.8 Å². The van der Waals surface area contributed by atoms with Crippen molar-refractivity contribution in [2.45, 2.75) is 36.8 Å². The number of esters is 1. The van der Waals surface area contributed by atoms with Crippen LogP contribution in [0.15, 0.2) is 84.0 Å². The number of nitrogens with two attached hydrogens (primary N) is 1. The van der Waals surface area contributed by atoms with Gasteiger partial charge < -0.3 is 15.4 Å². The molecule has 1 aliphatic heterocycles. The van der Waals surface area contributed by atoms with Gasteiger partial charge in [-0.2, -0.15) is 0 Å². The van der Waals surface area contributed by atoms with E-state index in [4.69, 9.17) is 10.5 Å². The first-order valence-electron chi connectivity index (χ1n) is 12.5. The van der Waals surface area contributed by atoms with Crippen LogP contribution >= 0.6 is 11.8 Å². The van der Waals surface area contributed by atoms with E-state index in [0.29, 0.717) is 47.9 Å². The Labute approximate surface area is 217 Å². The minimum absolute atomic E-state index is 0.0504. The van der Waals surface area contributed by atoms with E-state index in [1.807, 2.05) is 17.0 Å². The van der Waals surface area contributed by atoms with Crippen LogP contribution in [0.1, 0.15) is 47.2 Å². The van der Waals surface area contributed by atoms with Gasteiger partial charge in [-0.3, -0.25) is 4.79 Å². The molecule has 0 unspecified atom stereocenters. The number of rotatable bonds is 9. The highest BCUT2D eigenvalue weighted by atomic mass is 32.2. The van der Waals surface area contributed by atoms with Crippen molar-refractivity contribution < 1.29 is 14.3 Å². The highest BCUT2D eigenvalue weighted by Crippen LogP contribution is 2.38. The molecule has 1 saturated heterocycles. The van der Waals surface area contributed by atoms with Crippen LogP contribution in [0, 0.1) is 5.92 Å². The molecular weight excluding hydrogens is 470 g/mol. The van der Waals surface area contributed by atoms with E-state index in [0.717, 1.165) is 12.8 Å². The zero-order valence-corrected chi connectivity index (χ0v) is 21.4. The number of ether oxygens (including phenoxy) is 1. The second-order valence-corrected chi connectivity index (χ2v) is 9.96. The van der Waals surface area contributed by atoms with Crippen molar-refractivity contribution in [3.63, 3.8) is 0 Å². The molecule has 2 aromatic carbocycles. The van der Waals surface area contributed by atoms with Crippen LogP contribution in [0.25, 0.3) is 0 Å². The number of hydrogen-bond acceptors (Lipinski definition) is 6. The number of amides is 1. The summed E-state index contributed by atoms with van der Waals surface area (Å²) in [6.45, 7) is 3.44. The molecule has 1 atom stereocenters. The Hall–Kier alpha value is -3.16. The van der Waals surface area contributed by atoms with Crippen molar-refractivity contribution in [2.75, 3.05) is 25.4 Å². The number of benzene rings is 2. The van der Waals surface area contributed by atoms with E-state index in [2.05, 4.69) is 53.5 Å². The van der Waals surface area contributed by atoms with Gasteiger partial charge in [0.1, 0.15) is 5.03 Å². The van der Waals surface area contributed by atoms with Gasteiger partial charge in [0.2, 0.25) is 5.91 Å². The standard InChI is InChI=1S/C29H33N3O3S/c1-2-35-29(34)24-14-9-17-31-27(24)36-20-25(30)28(33)32-18-15-23(16-19-32)26(21-10-5-3-6-11-21)22-12-7-4-8-13-22/h3-14,17,23,25-26H,2,15-16,18-20,30H2,1H3/t25-/m0/s1. The van der Waals surface area contributed by atoms with Crippen molar-refractivity contribution in [3.8, 4) is 0 Å². The fourth-order valence-electron chi connectivity index (χ4n) is 4.86. The molecular formula is C29H33N3O3S. The first-order chi connectivity index (χ1) is 17.6. The van der Waals surface area contributed by atoms with E-state index < -0.39 is 12.0 Å². The normalized spacial score (nSPS) is 15.0. The maximum atomic E-state index is 13.1. The lowest BCUT2D eigenvalue weighted by Crippen LogP contribution is -2.48. The molecule has 4 rings (SSSR count). The first kappa shape index (κ1) is 25.9. The van der Waals surface area contributed by atoms with Crippen LogP contribution in [0.5, 0.6) is 0 Å². The Morgan fingerprint density at radius 3 is 2.19 bits per heavy atom. The molecule has 1 amide bonds. The van der Waals surface area contributed by atoms with E-state index in [1.54, 1.807) is 25.3 Å². The third kappa shape index (κ3) is 6.33. The van der Waals surface area contributed by atoms with Gasteiger partial charge in [0.05, 0.1) is 18.2 Å². The summed E-state index contributed by atoms with van der Waals surface area (Å²) in [5.74, 6) is 0.634. The zero-order valence-electron chi connectivity index (χ0n) is 20.6. The lowest BCUT2D eigenvalue weighted by Gasteiger charge is -2.37. The summed E-state index contributed by atoms with van der Waals surface area (Å²) in [5, 5.41) is 0.534. The lowest BCUT2D eigenvalue weighted by molar-refractivity contribution is -0.133. The summed E-state index contributed by atoms with van der Waals surface area (Å²) in [4.78, 5) is 31.5.